The van der Waals surface area contributed by atoms with Gasteiger partial charge in [-0.1, -0.05) is 6.07 Å². The number of nitriles is 1. The number of hydrogen-bond acceptors (Lipinski definition) is 4. The molecule has 0 aliphatic heterocycles. The lowest BCUT2D eigenvalue weighted by atomic mass is 10.1. The van der Waals surface area contributed by atoms with Crippen LogP contribution in [0, 0.1) is 11.3 Å². The molecule has 68 valence electrons. The molecule has 0 bridgehead atoms. The lowest BCUT2D eigenvalue weighted by Crippen LogP contribution is -2.11. The van der Waals surface area contributed by atoms with E-state index in [1.807, 2.05) is 6.07 Å². The van der Waals surface area contributed by atoms with Gasteiger partial charge in [-0.05, 0) is 17.7 Å². The molecule has 4 nitrogen and oxygen atoms in total. The summed E-state index contributed by atoms with van der Waals surface area (Å²) in [5.74, 6) is 0. The normalized spacial score (nSPS) is 12.1. The number of nitrogens with two attached hydrogens (primary N) is 2. The lowest BCUT2D eigenvalue weighted by molar-refractivity contribution is 0.187. The predicted molar refractivity (Wildman–Crippen MR) is 49.6 cm³/mol. The van der Waals surface area contributed by atoms with Crippen LogP contribution in [0.25, 0.3) is 0 Å². The number of anilines is 1. The van der Waals surface area contributed by atoms with Crippen LogP contribution in [0.15, 0.2) is 18.2 Å². The number of nitrogens with zero attached hydrogens (tertiary/aromatic N) is 1. The summed E-state index contributed by atoms with van der Waals surface area (Å²) in [6, 6.07) is 6.74. The van der Waals surface area contributed by atoms with Crippen molar-refractivity contribution in [2.75, 3.05) is 12.3 Å². The molecule has 0 saturated heterocycles. The monoisotopic (exact) mass is 177 g/mol. The average Bonchev–Trinajstić information content (AvgIpc) is 2.17. The number of rotatable bonds is 2. The van der Waals surface area contributed by atoms with Crippen LogP contribution in [-0.2, 0) is 0 Å². The van der Waals surface area contributed by atoms with Crippen LogP contribution >= 0.6 is 0 Å². The molecule has 1 atom stereocenters. The fourth-order valence-corrected chi connectivity index (χ4v) is 1.01. The number of aliphatic hydroxyl groups excluding tert-OH is 1. The van der Waals surface area contributed by atoms with Crippen LogP contribution < -0.4 is 11.5 Å². The number of hydrogen-bond donors (Lipinski definition) is 3. The third-order valence-corrected chi connectivity index (χ3v) is 1.81. The first-order chi connectivity index (χ1) is 6.19. The molecule has 0 fully saturated rings. The van der Waals surface area contributed by atoms with Crippen molar-refractivity contribution < 1.29 is 5.11 Å². The highest BCUT2D eigenvalue weighted by atomic mass is 16.3. The first-order valence-corrected chi connectivity index (χ1v) is 3.86. The number of benzene rings is 1. The second-order valence-corrected chi connectivity index (χ2v) is 2.71. The molecular weight excluding hydrogens is 166 g/mol. The highest BCUT2D eigenvalue weighted by Crippen LogP contribution is 2.17. The van der Waals surface area contributed by atoms with E-state index in [4.69, 9.17) is 16.7 Å². The molecule has 5 N–H and O–H groups in total. The van der Waals surface area contributed by atoms with E-state index < -0.39 is 6.10 Å². The Bertz CT molecular complexity index is 343. The van der Waals surface area contributed by atoms with E-state index >= 15 is 0 Å². The number of aliphatic hydroxyl groups is 1. The van der Waals surface area contributed by atoms with E-state index in [0.717, 1.165) is 0 Å². The van der Waals surface area contributed by atoms with E-state index in [2.05, 4.69) is 0 Å². The van der Waals surface area contributed by atoms with Gasteiger partial charge in [0.25, 0.3) is 0 Å². The van der Waals surface area contributed by atoms with Crippen LogP contribution in [0.4, 0.5) is 5.69 Å². The van der Waals surface area contributed by atoms with Crippen molar-refractivity contribution in [3.05, 3.63) is 29.3 Å². The Morgan fingerprint density at radius 2 is 2.23 bits per heavy atom. The van der Waals surface area contributed by atoms with Crippen LogP contribution in [0.3, 0.4) is 0 Å². The van der Waals surface area contributed by atoms with Gasteiger partial charge in [0.05, 0.1) is 11.7 Å². The summed E-state index contributed by atoms with van der Waals surface area (Å²) < 4.78 is 0. The van der Waals surface area contributed by atoms with Crippen molar-refractivity contribution in [3.8, 4) is 6.07 Å². The Morgan fingerprint density at radius 1 is 1.54 bits per heavy atom. The Kier molecular flexibility index (Phi) is 2.85. The minimum atomic E-state index is -0.729. The second-order valence-electron chi connectivity index (χ2n) is 2.71. The molecule has 0 amide bonds. The fraction of sp³-hybridized carbons (Fsp3) is 0.222. The van der Waals surface area contributed by atoms with Gasteiger partial charge in [-0.2, -0.15) is 5.26 Å². The molecule has 1 aromatic rings. The van der Waals surface area contributed by atoms with Gasteiger partial charge in [-0.25, -0.2) is 0 Å². The van der Waals surface area contributed by atoms with E-state index in [1.165, 1.54) is 0 Å². The van der Waals surface area contributed by atoms with Crippen molar-refractivity contribution in [2.24, 2.45) is 5.73 Å². The smallest absolute Gasteiger partial charge is 0.101 e. The number of nitrogen functional groups attached to an aromatic ring is 1. The second kappa shape index (κ2) is 3.90. The molecule has 0 radical (unpaired) electrons. The molecule has 4 heteroatoms. The van der Waals surface area contributed by atoms with Crippen molar-refractivity contribution in [1.29, 1.82) is 5.26 Å². The largest absolute Gasteiger partial charge is 0.398 e. The molecule has 1 unspecified atom stereocenters. The summed E-state index contributed by atoms with van der Waals surface area (Å²) in [6.07, 6.45) is -0.729. The molecular formula is C9H11N3O. The van der Waals surface area contributed by atoms with E-state index in [-0.39, 0.29) is 6.54 Å². The summed E-state index contributed by atoms with van der Waals surface area (Å²) in [5, 5.41) is 18.0. The van der Waals surface area contributed by atoms with E-state index in [9.17, 15) is 5.11 Å². The first kappa shape index (κ1) is 9.52. The molecule has 0 aliphatic carbocycles. The SMILES string of the molecule is N#Cc1cc(C(O)CN)ccc1N. The van der Waals surface area contributed by atoms with Crippen LogP contribution in [0.1, 0.15) is 17.2 Å². The van der Waals surface area contributed by atoms with Gasteiger partial charge in [0.2, 0.25) is 0 Å². The topological polar surface area (TPSA) is 96.1 Å². The summed E-state index contributed by atoms with van der Waals surface area (Å²) >= 11 is 0. The quantitative estimate of drug-likeness (QED) is 0.559. The molecule has 0 aromatic heterocycles. The molecule has 1 aromatic carbocycles. The van der Waals surface area contributed by atoms with E-state index in [1.54, 1.807) is 18.2 Å². The summed E-state index contributed by atoms with van der Waals surface area (Å²) in [4.78, 5) is 0. The Balaban J connectivity index is 3.08. The Hall–Kier alpha value is -1.57. The van der Waals surface area contributed by atoms with Gasteiger partial charge in [-0.3, -0.25) is 0 Å². The highest BCUT2D eigenvalue weighted by molar-refractivity contribution is 5.55. The lowest BCUT2D eigenvalue weighted by Gasteiger charge is -2.08. The third-order valence-electron chi connectivity index (χ3n) is 1.81. The molecule has 0 heterocycles. The van der Waals surface area contributed by atoms with E-state index in [0.29, 0.717) is 16.8 Å². The minimum Gasteiger partial charge on any atom is -0.398 e. The van der Waals surface area contributed by atoms with Crippen molar-refractivity contribution >= 4 is 5.69 Å². The standard InChI is InChI=1S/C9H11N3O/c10-4-7-3-6(9(13)5-11)1-2-8(7)12/h1-3,9,13H,5,11-12H2. The summed E-state index contributed by atoms with van der Waals surface area (Å²) in [5.41, 5.74) is 12.2. The Morgan fingerprint density at radius 3 is 2.77 bits per heavy atom. The maximum absolute atomic E-state index is 9.36. The van der Waals surface area contributed by atoms with Gasteiger partial charge in [0.1, 0.15) is 6.07 Å². The first-order valence-electron chi connectivity index (χ1n) is 3.86. The van der Waals surface area contributed by atoms with Crippen molar-refractivity contribution in [1.82, 2.24) is 0 Å². The molecule has 0 saturated carbocycles. The maximum atomic E-state index is 9.36. The van der Waals surface area contributed by atoms with Gasteiger partial charge in [0, 0.05) is 12.2 Å². The van der Waals surface area contributed by atoms with Gasteiger partial charge in [-0.15, -0.1) is 0 Å². The van der Waals surface area contributed by atoms with Crippen LogP contribution in [-0.4, -0.2) is 11.7 Å². The zero-order valence-electron chi connectivity index (χ0n) is 7.07. The zero-order chi connectivity index (χ0) is 9.84. The molecule has 1 rings (SSSR count). The maximum Gasteiger partial charge on any atom is 0.101 e. The summed E-state index contributed by atoms with van der Waals surface area (Å²) in [6.45, 7) is 0.134. The molecule has 0 aliphatic rings. The zero-order valence-corrected chi connectivity index (χ0v) is 7.07. The van der Waals surface area contributed by atoms with Crippen molar-refractivity contribution in [3.63, 3.8) is 0 Å². The van der Waals surface area contributed by atoms with Crippen LogP contribution in [0.2, 0.25) is 0 Å². The Labute approximate surface area is 76.4 Å². The van der Waals surface area contributed by atoms with Crippen LogP contribution in [0.5, 0.6) is 0 Å². The fourth-order valence-electron chi connectivity index (χ4n) is 1.01. The average molecular weight is 177 g/mol. The minimum absolute atomic E-state index is 0.134. The van der Waals surface area contributed by atoms with Gasteiger partial charge >= 0.3 is 0 Å². The summed E-state index contributed by atoms with van der Waals surface area (Å²) in [7, 11) is 0. The van der Waals surface area contributed by atoms with Gasteiger partial charge in [0.15, 0.2) is 0 Å². The molecule has 13 heavy (non-hydrogen) atoms. The van der Waals surface area contributed by atoms with Crippen molar-refractivity contribution in [2.45, 2.75) is 6.10 Å². The van der Waals surface area contributed by atoms with Gasteiger partial charge < -0.3 is 16.6 Å². The highest BCUT2D eigenvalue weighted by Gasteiger charge is 2.07. The molecule has 0 spiro atoms. The third kappa shape index (κ3) is 1.96. The predicted octanol–water partition coefficient (Wildman–Crippen LogP) is 0.133.